The fourth-order valence-corrected chi connectivity index (χ4v) is 2.65. The molecule has 3 rings (SSSR count). The van der Waals surface area contributed by atoms with Crippen LogP contribution in [0.5, 0.6) is 0 Å². The van der Waals surface area contributed by atoms with E-state index in [2.05, 4.69) is 26.5 Å². The molecule has 0 fully saturated rings. The number of rotatable bonds is 3. The van der Waals surface area contributed by atoms with Crippen molar-refractivity contribution in [1.29, 1.82) is 0 Å². The first-order valence-electron chi connectivity index (χ1n) is 6.81. The Morgan fingerprint density at radius 1 is 1.00 bits per heavy atom. The van der Waals surface area contributed by atoms with Crippen molar-refractivity contribution in [2.45, 2.75) is 0 Å². The second-order valence-electron chi connectivity index (χ2n) is 4.78. The lowest BCUT2D eigenvalue weighted by molar-refractivity contribution is 0.0957. The topological polar surface area (TPSA) is 41.5 Å². The third kappa shape index (κ3) is 3.23. The molecule has 3 nitrogen and oxygen atoms in total. The van der Waals surface area contributed by atoms with E-state index in [0.29, 0.717) is 5.56 Å². The Morgan fingerprint density at radius 3 is 2.64 bits per heavy atom. The SMILES string of the molecule is O=C(N/N=C/c1cccc(Br)c1)c1cccc2ccccc12. The van der Waals surface area contributed by atoms with E-state index in [-0.39, 0.29) is 5.91 Å². The van der Waals surface area contributed by atoms with Crippen LogP contribution >= 0.6 is 15.9 Å². The monoisotopic (exact) mass is 352 g/mol. The molecule has 0 saturated carbocycles. The van der Waals surface area contributed by atoms with Crippen molar-refractivity contribution in [2.75, 3.05) is 0 Å². The molecule has 1 N–H and O–H groups in total. The number of carbonyl (C=O) groups excluding carboxylic acids is 1. The highest BCUT2D eigenvalue weighted by Gasteiger charge is 2.08. The van der Waals surface area contributed by atoms with Crippen LogP contribution in [0.3, 0.4) is 0 Å². The van der Waals surface area contributed by atoms with Crippen molar-refractivity contribution in [3.63, 3.8) is 0 Å². The molecule has 1 amide bonds. The standard InChI is InChI=1S/C18H13BrN2O/c19-15-8-3-5-13(11-15)12-20-21-18(22)17-10-4-7-14-6-1-2-9-16(14)17/h1-12H,(H,21,22)/b20-12+. The molecule has 22 heavy (non-hydrogen) atoms. The Kier molecular flexibility index (Phi) is 4.30. The third-order valence-electron chi connectivity index (χ3n) is 3.26. The first-order chi connectivity index (χ1) is 10.7. The van der Waals surface area contributed by atoms with Gasteiger partial charge in [0.2, 0.25) is 0 Å². The second kappa shape index (κ2) is 6.54. The zero-order valence-electron chi connectivity index (χ0n) is 11.7. The van der Waals surface area contributed by atoms with Crippen LogP contribution in [0.15, 0.2) is 76.3 Å². The largest absolute Gasteiger partial charge is 0.271 e. The van der Waals surface area contributed by atoms with Crippen LogP contribution in [0.4, 0.5) is 0 Å². The molecule has 0 aliphatic heterocycles. The molecule has 0 saturated heterocycles. The predicted molar refractivity (Wildman–Crippen MR) is 93.2 cm³/mol. The van der Waals surface area contributed by atoms with Gasteiger partial charge in [-0.2, -0.15) is 5.10 Å². The van der Waals surface area contributed by atoms with Gasteiger partial charge in [-0.3, -0.25) is 4.79 Å². The number of halogens is 1. The van der Waals surface area contributed by atoms with Gasteiger partial charge in [0.1, 0.15) is 0 Å². The Balaban J connectivity index is 1.79. The lowest BCUT2D eigenvalue weighted by Gasteiger charge is -2.04. The summed E-state index contributed by atoms with van der Waals surface area (Å²) in [6.45, 7) is 0. The summed E-state index contributed by atoms with van der Waals surface area (Å²) < 4.78 is 0.969. The van der Waals surface area contributed by atoms with Gasteiger partial charge in [-0.05, 0) is 34.5 Å². The summed E-state index contributed by atoms with van der Waals surface area (Å²) in [7, 11) is 0. The summed E-state index contributed by atoms with van der Waals surface area (Å²) in [5, 5.41) is 5.97. The zero-order valence-corrected chi connectivity index (χ0v) is 13.2. The first kappa shape index (κ1) is 14.5. The predicted octanol–water partition coefficient (Wildman–Crippen LogP) is 4.37. The number of nitrogens with one attached hydrogen (secondary N) is 1. The maximum atomic E-state index is 12.3. The first-order valence-corrected chi connectivity index (χ1v) is 7.60. The molecule has 0 heterocycles. The fraction of sp³-hybridized carbons (Fsp3) is 0. The van der Waals surface area contributed by atoms with Crippen LogP contribution in [-0.2, 0) is 0 Å². The Hall–Kier alpha value is -2.46. The smallest absolute Gasteiger partial charge is 0.267 e. The van der Waals surface area contributed by atoms with Gasteiger partial charge >= 0.3 is 0 Å². The number of fused-ring (bicyclic) bond motifs is 1. The van der Waals surface area contributed by atoms with Crippen molar-refractivity contribution >= 4 is 38.8 Å². The zero-order chi connectivity index (χ0) is 15.4. The summed E-state index contributed by atoms with van der Waals surface area (Å²) in [6, 6.07) is 21.1. The average molecular weight is 353 g/mol. The minimum atomic E-state index is -0.219. The average Bonchev–Trinajstić information content (AvgIpc) is 2.54. The Labute approximate surface area is 136 Å². The summed E-state index contributed by atoms with van der Waals surface area (Å²) in [6.07, 6.45) is 1.62. The molecule has 0 aliphatic rings. The Bertz CT molecular complexity index is 853. The number of carbonyl (C=O) groups is 1. The van der Waals surface area contributed by atoms with Crippen molar-refractivity contribution in [2.24, 2.45) is 5.10 Å². The third-order valence-corrected chi connectivity index (χ3v) is 3.76. The van der Waals surface area contributed by atoms with E-state index in [1.807, 2.05) is 60.7 Å². The number of hydrogen-bond acceptors (Lipinski definition) is 2. The van der Waals surface area contributed by atoms with Gasteiger partial charge in [-0.25, -0.2) is 5.43 Å². The van der Waals surface area contributed by atoms with Gasteiger partial charge in [0.15, 0.2) is 0 Å². The number of amides is 1. The van der Waals surface area contributed by atoms with Gasteiger partial charge in [-0.15, -0.1) is 0 Å². The Morgan fingerprint density at radius 2 is 1.77 bits per heavy atom. The van der Waals surface area contributed by atoms with Crippen molar-refractivity contribution in [3.05, 3.63) is 82.3 Å². The van der Waals surface area contributed by atoms with E-state index in [0.717, 1.165) is 20.8 Å². The van der Waals surface area contributed by atoms with Crippen LogP contribution in [0.2, 0.25) is 0 Å². The van der Waals surface area contributed by atoms with Crippen LogP contribution in [0, 0.1) is 0 Å². The molecule has 4 heteroatoms. The lowest BCUT2D eigenvalue weighted by atomic mass is 10.0. The van der Waals surface area contributed by atoms with Crippen LogP contribution < -0.4 is 5.43 Å². The van der Waals surface area contributed by atoms with Crippen molar-refractivity contribution < 1.29 is 4.79 Å². The minimum absolute atomic E-state index is 0.219. The highest BCUT2D eigenvalue weighted by molar-refractivity contribution is 9.10. The van der Waals surface area contributed by atoms with Crippen LogP contribution in [-0.4, -0.2) is 12.1 Å². The van der Waals surface area contributed by atoms with Gasteiger partial charge in [0.25, 0.3) is 5.91 Å². The van der Waals surface area contributed by atoms with Gasteiger partial charge in [0.05, 0.1) is 6.21 Å². The second-order valence-corrected chi connectivity index (χ2v) is 5.70. The molecule has 0 unspecified atom stereocenters. The lowest BCUT2D eigenvalue weighted by Crippen LogP contribution is -2.17. The fourth-order valence-electron chi connectivity index (χ4n) is 2.24. The van der Waals surface area contributed by atoms with E-state index >= 15 is 0 Å². The maximum Gasteiger partial charge on any atom is 0.271 e. The van der Waals surface area contributed by atoms with E-state index in [9.17, 15) is 4.79 Å². The molecular formula is C18H13BrN2O. The summed E-state index contributed by atoms with van der Waals surface area (Å²) in [5.41, 5.74) is 4.10. The summed E-state index contributed by atoms with van der Waals surface area (Å²) in [5.74, 6) is -0.219. The molecule has 3 aromatic rings. The molecule has 0 bridgehead atoms. The molecule has 108 valence electrons. The molecular weight excluding hydrogens is 340 g/mol. The summed E-state index contributed by atoms with van der Waals surface area (Å²) >= 11 is 3.40. The maximum absolute atomic E-state index is 12.3. The van der Waals surface area contributed by atoms with Crippen LogP contribution in [0.25, 0.3) is 10.8 Å². The van der Waals surface area contributed by atoms with E-state index in [4.69, 9.17) is 0 Å². The number of benzene rings is 3. The van der Waals surface area contributed by atoms with E-state index in [1.54, 1.807) is 12.3 Å². The molecule has 0 aromatic heterocycles. The van der Waals surface area contributed by atoms with E-state index in [1.165, 1.54) is 0 Å². The van der Waals surface area contributed by atoms with Crippen LogP contribution in [0.1, 0.15) is 15.9 Å². The minimum Gasteiger partial charge on any atom is -0.267 e. The number of hydrazone groups is 1. The normalized spacial score (nSPS) is 11.0. The van der Waals surface area contributed by atoms with E-state index < -0.39 is 0 Å². The number of nitrogens with zero attached hydrogens (tertiary/aromatic N) is 1. The van der Waals surface area contributed by atoms with Gasteiger partial charge in [0, 0.05) is 10.0 Å². The molecule has 3 aromatic carbocycles. The molecule has 0 spiro atoms. The molecule has 0 atom stereocenters. The quantitative estimate of drug-likeness (QED) is 0.552. The van der Waals surface area contributed by atoms with Gasteiger partial charge < -0.3 is 0 Å². The van der Waals surface area contributed by atoms with Crippen molar-refractivity contribution in [1.82, 2.24) is 5.43 Å². The molecule has 0 aliphatic carbocycles. The summed E-state index contributed by atoms with van der Waals surface area (Å²) in [4.78, 5) is 12.3. The highest BCUT2D eigenvalue weighted by atomic mass is 79.9. The van der Waals surface area contributed by atoms with Gasteiger partial charge in [-0.1, -0.05) is 64.5 Å². The van der Waals surface area contributed by atoms with Crippen molar-refractivity contribution in [3.8, 4) is 0 Å². The highest BCUT2D eigenvalue weighted by Crippen LogP contribution is 2.18. The molecule has 0 radical (unpaired) electrons. The number of hydrogen-bond donors (Lipinski definition) is 1.